The molecule has 0 aromatic rings. The molecule has 5 nitrogen and oxygen atoms in total. The lowest BCUT2D eigenvalue weighted by Gasteiger charge is -2.19. The monoisotopic (exact) mass is 736 g/mol. The molecule has 0 aliphatic heterocycles. The number of esters is 2. The van der Waals surface area contributed by atoms with Crippen LogP contribution in [0.5, 0.6) is 0 Å². The molecule has 1 unspecified atom stereocenters. The summed E-state index contributed by atoms with van der Waals surface area (Å²) < 4.78 is 11.8. The molecule has 0 aromatic heterocycles. The molecular weight excluding hydrogens is 643 g/mol. The van der Waals surface area contributed by atoms with Gasteiger partial charge in [0.15, 0.2) is 0 Å². The lowest BCUT2D eigenvalue weighted by molar-refractivity contribution is -0.150. The van der Waals surface area contributed by atoms with Gasteiger partial charge in [-0.1, -0.05) is 188 Å². The fourth-order valence-electron chi connectivity index (χ4n) is 7.45. The van der Waals surface area contributed by atoms with Crippen LogP contribution in [0.15, 0.2) is 0 Å². The topological polar surface area (TPSA) is 55.8 Å². The first-order valence-corrected chi connectivity index (χ1v) is 23.4. The van der Waals surface area contributed by atoms with Crippen molar-refractivity contribution in [2.24, 2.45) is 5.92 Å². The van der Waals surface area contributed by atoms with Crippen LogP contribution in [-0.2, 0) is 19.1 Å². The largest absolute Gasteiger partial charge is 0.465 e. The minimum atomic E-state index is -0.0391. The molecule has 0 aromatic carbocycles. The van der Waals surface area contributed by atoms with E-state index in [-0.39, 0.29) is 18.0 Å². The summed E-state index contributed by atoms with van der Waals surface area (Å²) in [4.78, 5) is 27.3. The van der Waals surface area contributed by atoms with Gasteiger partial charge in [0.05, 0.1) is 6.61 Å². The fourth-order valence-corrected chi connectivity index (χ4v) is 7.45. The zero-order chi connectivity index (χ0) is 38.2. The number of nitrogens with zero attached hydrogens (tertiary/aromatic N) is 1. The maximum atomic E-state index is 12.7. The minimum Gasteiger partial charge on any atom is -0.465 e. The van der Waals surface area contributed by atoms with Crippen LogP contribution in [0.4, 0.5) is 0 Å². The highest BCUT2D eigenvalue weighted by atomic mass is 16.5. The summed E-state index contributed by atoms with van der Waals surface area (Å²) in [5.41, 5.74) is 0. The first-order valence-electron chi connectivity index (χ1n) is 23.4. The van der Waals surface area contributed by atoms with E-state index in [9.17, 15) is 9.59 Å². The van der Waals surface area contributed by atoms with E-state index < -0.39 is 0 Å². The number of hydrogen-bond donors (Lipinski definition) is 0. The Bertz CT molecular complexity index is 717. The minimum absolute atomic E-state index is 0.00671. The van der Waals surface area contributed by atoms with Crippen LogP contribution in [0.1, 0.15) is 252 Å². The third kappa shape index (κ3) is 38.6. The van der Waals surface area contributed by atoms with Gasteiger partial charge in [-0.15, -0.1) is 0 Å². The molecule has 0 saturated carbocycles. The summed E-state index contributed by atoms with van der Waals surface area (Å²) in [5.74, 6) is 0.479. The molecule has 0 amide bonds. The second kappa shape index (κ2) is 41.1. The van der Waals surface area contributed by atoms with Gasteiger partial charge in [-0.3, -0.25) is 9.59 Å². The van der Waals surface area contributed by atoms with Gasteiger partial charge in [0.1, 0.15) is 6.10 Å². The molecule has 0 radical (unpaired) electrons. The number of carbonyl (C=O) groups excluding carboxylic acids is 2. The van der Waals surface area contributed by atoms with Crippen molar-refractivity contribution >= 4 is 11.9 Å². The molecule has 310 valence electrons. The third-order valence-corrected chi connectivity index (χ3v) is 11.0. The Labute approximate surface area is 326 Å². The van der Waals surface area contributed by atoms with E-state index in [0.717, 1.165) is 57.9 Å². The predicted molar refractivity (Wildman–Crippen MR) is 226 cm³/mol. The van der Waals surface area contributed by atoms with Gasteiger partial charge in [-0.25, -0.2) is 0 Å². The van der Waals surface area contributed by atoms with Crippen LogP contribution in [0, 0.1) is 5.92 Å². The van der Waals surface area contributed by atoms with Crippen LogP contribution in [0.25, 0.3) is 0 Å². The zero-order valence-electron chi connectivity index (χ0n) is 36.1. The van der Waals surface area contributed by atoms with E-state index in [1.807, 2.05) is 14.1 Å². The van der Waals surface area contributed by atoms with Crippen molar-refractivity contribution in [2.75, 3.05) is 27.2 Å². The Kier molecular flexibility index (Phi) is 40.2. The van der Waals surface area contributed by atoms with E-state index in [4.69, 9.17) is 9.47 Å². The first-order chi connectivity index (χ1) is 25.4. The molecular formula is C47H93NO4. The van der Waals surface area contributed by atoms with Gasteiger partial charge < -0.3 is 14.4 Å². The molecule has 0 aliphatic rings. The Morgan fingerprint density at radius 2 is 0.769 bits per heavy atom. The highest BCUT2D eigenvalue weighted by Gasteiger charge is 2.15. The molecule has 1 atom stereocenters. The second-order valence-electron chi connectivity index (χ2n) is 16.7. The summed E-state index contributed by atoms with van der Waals surface area (Å²) in [6.45, 7) is 8.36. The van der Waals surface area contributed by atoms with E-state index in [1.54, 1.807) is 0 Å². The summed E-state index contributed by atoms with van der Waals surface area (Å²) in [6.07, 6.45) is 43.9. The number of hydrogen-bond acceptors (Lipinski definition) is 5. The SMILES string of the molecule is CCCCCCCCCCCCC(CCCCCCCCCCCC)COC(=O)CCCCCCC(CCCCCCC)OC(=O)CCCN(C)C. The average molecular weight is 736 g/mol. The Morgan fingerprint density at radius 1 is 0.423 bits per heavy atom. The molecule has 0 N–H and O–H groups in total. The van der Waals surface area contributed by atoms with Gasteiger partial charge in [0.25, 0.3) is 0 Å². The molecule has 0 rings (SSSR count). The second-order valence-corrected chi connectivity index (χ2v) is 16.7. The molecule has 0 saturated heterocycles. The van der Waals surface area contributed by atoms with Crippen molar-refractivity contribution in [2.45, 2.75) is 258 Å². The summed E-state index contributed by atoms with van der Waals surface area (Å²) in [7, 11) is 4.08. The van der Waals surface area contributed by atoms with Crippen LogP contribution < -0.4 is 0 Å². The highest BCUT2D eigenvalue weighted by molar-refractivity contribution is 5.69. The van der Waals surface area contributed by atoms with E-state index in [1.165, 1.54) is 167 Å². The van der Waals surface area contributed by atoms with Crippen LogP contribution in [-0.4, -0.2) is 50.2 Å². The quantitative estimate of drug-likeness (QED) is 0.0461. The summed E-state index contributed by atoms with van der Waals surface area (Å²) in [5, 5.41) is 0. The molecule has 0 spiro atoms. The Hall–Kier alpha value is -1.10. The molecule has 0 bridgehead atoms. The third-order valence-electron chi connectivity index (χ3n) is 11.0. The van der Waals surface area contributed by atoms with E-state index in [0.29, 0.717) is 25.4 Å². The van der Waals surface area contributed by atoms with Crippen molar-refractivity contribution in [3.8, 4) is 0 Å². The molecule has 0 heterocycles. The number of ether oxygens (including phenoxy) is 2. The molecule has 0 aliphatic carbocycles. The standard InChI is InChI=1S/C47H93NO4/c1-6-9-12-15-17-19-21-23-26-30-36-44(37-31-27-24-22-20-18-16-13-10-7-2)43-51-46(49)40-34-29-28-33-39-45(38-32-25-14-11-8-3)52-47(50)41-35-42-48(4)5/h44-45H,6-43H2,1-5H3. The van der Waals surface area contributed by atoms with Crippen molar-refractivity contribution in [3.05, 3.63) is 0 Å². The zero-order valence-corrected chi connectivity index (χ0v) is 36.1. The van der Waals surface area contributed by atoms with Crippen molar-refractivity contribution < 1.29 is 19.1 Å². The number of carbonyl (C=O) groups is 2. The molecule has 52 heavy (non-hydrogen) atoms. The van der Waals surface area contributed by atoms with Gasteiger partial charge >= 0.3 is 11.9 Å². The lowest BCUT2D eigenvalue weighted by atomic mass is 9.94. The van der Waals surface area contributed by atoms with Gasteiger partial charge in [0, 0.05) is 12.8 Å². The van der Waals surface area contributed by atoms with Crippen molar-refractivity contribution in [1.29, 1.82) is 0 Å². The van der Waals surface area contributed by atoms with Gasteiger partial charge in [0.2, 0.25) is 0 Å². The number of rotatable bonds is 42. The maximum Gasteiger partial charge on any atom is 0.306 e. The van der Waals surface area contributed by atoms with Gasteiger partial charge in [-0.2, -0.15) is 0 Å². The van der Waals surface area contributed by atoms with Crippen molar-refractivity contribution in [3.63, 3.8) is 0 Å². The van der Waals surface area contributed by atoms with Crippen LogP contribution >= 0.6 is 0 Å². The Balaban J connectivity index is 4.43. The molecule has 5 heteroatoms. The van der Waals surface area contributed by atoms with Gasteiger partial charge in [-0.05, 0) is 77.9 Å². The lowest BCUT2D eigenvalue weighted by Crippen LogP contribution is -2.20. The summed E-state index contributed by atoms with van der Waals surface area (Å²) in [6, 6.07) is 0. The predicted octanol–water partition coefficient (Wildman–Crippen LogP) is 14.7. The summed E-state index contributed by atoms with van der Waals surface area (Å²) >= 11 is 0. The first kappa shape index (κ1) is 50.9. The molecule has 0 fully saturated rings. The van der Waals surface area contributed by atoms with E-state index >= 15 is 0 Å². The van der Waals surface area contributed by atoms with Crippen molar-refractivity contribution in [1.82, 2.24) is 4.90 Å². The Morgan fingerprint density at radius 3 is 1.17 bits per heavy atom. The van der Waals surface area contributed by atoms with E-state index in [2.05, 4.69) is 25.7 Å². The number of unbranched alkanes of at least 4 members (excludes halogenated alkanes) is 25. The van der Waals surface area contributed by atoms with Crippen LogP contribution in [0.3, 0.4) is 0 Å². The maximum absolute atomic E-state index is 12.7. The fraction of sp³-hybridized carbons (Fsp3) is 0.957. The average Bonchev–Trinajstić information content (AvgIpc) is 3.12. The smallest absolute Gasteiger partial charge is 0.306 e. The van der Waals surface area contributed by atoms with Crippen LogP contribution in [0.2, 0.25) is 0 Å². The normalized spacial score (nSPS) is 12.2. The highest BCUT2D eigenvalue weighted by Crippen LogP contribution is 2.22.